The molecule has 4 heteroatoms. The van der Waals surface area contributed by atoms with Gasteiger partial charge in [0.15, 0.2) is 0 Å². The summed E-state index contributed by atoms with van der Waals surface area (Å²) in [7, 11) is 0. The van der Waals surface area contributed by atoms with E-state index in [0.717, 1.165) is 33.7 Å². The summed E-state index contributed by atoms with van der Waals surface area (Å²) in [6.45, 7) is 0. The Kier molecular flexibility index (Phi) is 4.84. The van der Waals surface area contributed by atoms with Crippen LogP contribution in [0.4, 0.5) is 0 Å². The van der Waals surface area contributed by atoms with Crippen molar-refractivity contribution in [3.63, 3.8) is 0 Å². The summed E-state index contributed by atoms with van der Waals surface area (Å²) >= 11 is 0. The Morgan fingerprint density at radius 1 is 0.382 bits per heavy atom. The van der Waals surface area contributed by atoms with Crippen molar-refractivity contribution < 1.29 is 0 Å². The van der Waals surface area contributed by atoms with Crippen LogP contribution in [0.1, 0.15) is 22.3 Å². The lowest BCUT2D eigenvalue weighted by molar-refractivity contribution is 0.258. The van der Waals surface area contributed by atoms with Gasteiger partial charge in [-0.1, -0.05) is 121 Å². The van der Waals surface area contributed by atoms with Gasteiger partial charge in [-0.15, -0.1) is 0 Å². The molecule has 4 aromatic rings. The molecule has 0 N–H and O–H groups in total. The Morgan fingerprint density at radius 3 is 1.06 bits per heavy atom. The van der Waals surface area contributed by atoms with Crippen molar-refractivity contribution in [2.24, 2.45) is 20.0 Å². The molecule has 2 atom stereocenters. The molecule has 4 aromatic carbocycles. The van der Waals surface area contributed by atoms with Crippen LogP contribution in [0, 0.1) is 0 Å². The first-order valence-electron chi connectivity index (χ1n) is 11.3. The Balaban J connectivity index is 1.63. The highest BCUT2D eigenvalue weighted by Gasteiger charge is 2.57. The minimum atomic E-state index is -1.08. The summed E-state index contributed by atoms with van der Waals surface area (Å²) in [6, 6.07) is 40.6. The smallest absolute Gasteiger partial charge is 0.225 e. The summed E-state index contributed by atoms with van der Waals surface area (Å²) in [5, 5.41) is 0. The summed E-state index contributed by atoms with van der Waals surface area (Å²) < 4.78 is 0. The molecule has 0 aromatic heterocycles. The number of hydrogen-bond donors (Lipinski definition) is 0. The van der Waals surface area contributed by atoms with Crippen LogP contribution in [0.3, 0.4) is 0 Å². The van der Waals surface area contributed by atoms with Crippen LogP contribution >= 0.6 is 0 Å². The number of rotatable bonds is 5. The maximum atomic E-state index is 5.29. The second-order valence-corrected chi connectivity index (χ2v) is 8.32. The van der Waals surface area contributed by atoms with Gasteiger partial charge in [0.2, 0.25) is 11.3 Å². The Bertz CT molecular complexity index is 1310. The monoisotopic (exact) mass is 438 g/mol. The molecule has 0 saturated heterocycles. The number of nitrogens with zero attached hydrogens (tertiary/aromatic N) is 4. The van der Waals surface area contributed by atoms with E-state index in [4.69, 9.17) is 20.0 Å². The average molecular weight is 439 g/mol. The third-order valence-corrected chi connectivity index (χ3v) is 6.29. The van der Waals surface area contributed by atoms with Crippen LogP contribution in [-0.4, -0.2) is 23.9 Å². The normalized spacial score (nSPS) is 23.1. The van der Waals surface area contributed by atoms with E-state index in [1.165, 1.54) is 0 Å². The van der Waals surface area contributed by atoms with Gasteiger partial charge in [0, 0.05) is 22.3 Å². The van der Waals surface area contributed by atoms with Crippen LogP contribution in [0.15, 0.2) is 141 Å². The molecule has 0 radical (unpaired) electrons. The van der Waals surface area contributed by atoms with Crippen LogP contribution in [-0.2, 0) is 11.3 Å². The van der Waals surface area contributed by atoms with Crippen molar-refractivity contribution in [2.45, 2.75) is 11.3 Å². The third kappa shape index (κ3) is 3.15. The first-order valence-corrected chi connectivity index (χ1v) is 11.3. The SMILES string of the molecule is C1=NC(c2ccccc2)(C2(c3ccccc3)N=CC(c3ccccc3)=N2)N=C1c1ccccc1. The van der Waals surface area contributed by atoms with Gasteiger partial charge >= 0.3 is 0 Å². The van der Waals surface area contributed by atoms with Gasteiger partial charge in [-0.3, -0.25) is 9.98 Å². The van der Waals surface area contributed by atoms with E-state index in [0.29, 0.717) is 0 Å². The fourth-order valence-corrected chi connectivity index (χ4v) is 4.63. The number of benzene rings is 4. The van der Waals surface area contributed by atoms with E-state index in [9.17, 15) is 0 Å². The maximum absolute atomic E-state index is 5.29. The molecule has 2 unspecified atom stereocenters. The molecule has 0 fully saturated rings. The lowest BCUT2D eigenvalue weighted by Crippen LogP contribution is -2.42. The standard InChI is InChI=1S/C30H22N4/c1-5-13-23(14-6-1)27-21-31-29(33-27,25-17-9-3-10-18-25)30(26-19-11-4-12-20-26)32-22-28(34-30)24-15-7-2-8-16-24/h1-22H. The zero-order valence-electron chi connectivity index (χ0n) is 18.5. The Hall–Kier alpha value is -4.44. The lowest BCUT2D eigenvalue weighted by atomic mass is 9.82. The van der Waals surface area contributed by atoms with Gasteiger partial charge in [-0.05, 0) is 0 Å². The topological polar surface area (TPSA) is 49.4 Å². The van der Waals surface area contributed by atoms with E-state index < -0.39 is 11.3 Å². The van der Waals surface area contributed by atoms with Crippen molar-refractivity contribution >= 4 is 23.9 Å². The summed E-state index contributed by atoms with van der Waals surface area (Å²) in [5.74, 6) is 0. The minimum Gasteiger partial charge on any atom is -0.251 e. The molecule has 34 heavy (non-hydrogen) atoms. The highest BCUT2D eigenvalue weighted by atomic mass is 15.3. The summed E-state index contributed by atoms with van der Waals surface area (Å²) in [4.78, 5) is 20.8. The van der Waals surface area contributed by atoms with Crippen LogP contribution < -0.4 is 0 Å². The first-order chi connectivity index (χ1) is 16.8. The van der Waals surface area contributed by atoms with Gasteiger partial charge in [-0.2, -0.15) is 0 Å². The summed E-state index contributed by atoms with van der Waals surface area (Å²) in [6.07, 6.45) is 3.72. The molecule has 2 aliphatic heterocycles. The zero-order chi connectivity index (χ0) is 22.8. The van der Waals surface area contributed by atoms with Gasteiger partial charge in [0.05, 0.1) is 23.9 Å². The van der Waals surface area contributed by atoms with Crippen molar-refractivity contribution in [3.8, 4) is 0 Å². The van der Waals surface area contributed by atoms with Crippen molar-refractivity contribution in [2.75, 3.05) is 0 Å². The van der Waals surface area contributed by atoms with E-state index in [1.807, 2.05) is 85.2 Å². The van der Waals surface area contributed by atoms with Gasteiger partial charge in [0.25, 0.3) is 0 Å². The lowest BCUT2D eigenvalue weighted by Gasteiger charge is -2.38. The molecule has 0 amide bonds. The molecule has 6 rings (SSSR count). The number of aliphatic imine (C=N–C) groups is 4. The predicted molar refractivity (Wildman–Crippen MR) is 139 cm³/mol. The average Bonchev–Trinajstić information content (AvgIpc) is 3.58. The largest absolute Gasteiger partial charge is 0.251 e. The van der Waals surface area contributed by atoms with Gasteiger partial charge in [0.1, 0.15) is 0 Å². The first kappa shape index (κ1) is 20.2. The van der Waals surface area contributed by atoms with E-state index >= 15 is 0 Å². The van der Waals surface area contributed by atoms with E-state index in [1.54, 1.807) is 0 Å². The van der Waals surface area contributed by atoms with Crippen LogP contribution in [0.2, 0.25) is 0 Å². The second kappa shape index (κ2) is 8.16. The van der Waals surface area contributed by atoms with Crippen LogP contribution in [0.25, 0.3) is 0 Å². The fraction of sp³-hybridized carbons (Fsp3) is 0.0667. The molecular weight excluding hydrogens is 416 g/mol. The number of hydrogen-bond acceptors (Lipinski definition) is 4. The fourth-order valence-electron chi connectivity index (χ4n) is 4.63. The molecule has 0 bridgehead atoms. The maximum Gasteiger partial charge on any atom is 0.225 e. The summed E-state index contributed by atoms with van der Waals surface area (Å²) in [5.41, 5.74) is 3.40. The van der Waals surface area contributed by atoms with Crippen LogP contribution in [0.5, 0.6) is 0 Å². The predicted octanol–water partition coefficient (Wildman–Crippen LogP) is 5.84. The highest BCUT2D eigenvalue weighted by molar-refractivity contribution is 6.40. The zero-order valence-corrected chi connectivity index (χ0v) is 18.5. The molecule has 4 nitrogen and oxygen atoms in total. The molecule has 162 valence electrons. The van der Waals surface area contributed by atoms with Gasteiger partial charge < -0.3 is 0 Å². The van der Waals surface area contributed by atoms with E-state index in [2.05, 4.69) is 48.5 Å². The molecule has 0 spiro atoms. The Morgan fingerprint density at radius 2 is 0.706 bits per heavy atom. The quantitative estimate of drug-likeness (QED) is 0.376. The minimum absolute atomic E-state index is 0.818. The Labute approximate surface area is 198 Å². The second-order valence-electron chi connectivity index (χ2n) is 8.32. The molecule has 2 heterocycles. The molecular formula is C30H22N4. The van der Waals surface area contributed by atoms with Crippen molar-refractivity contribution in [1.29, 1.82) is 0 Å². The van der Waals surface area contributed by atoms with Crippen molar-refractivity contribution in [3.05, 3.63) is 144 Å². The third-order valence-electron chi connectivity index (χ3n) is 6.29. The van der Waals surface area contributed by atoms with E-state index in [-0.39, 0.29) is 0 Å². The molecule has 0 aliphatic carbocycles. The molecule has 2 aliphatic rings. The van der Waals surface area contributed by atoms with Crippen molar-refractivity contribution in [1.82, 2.24) is 0 Å². The molecule has 0 saturated carbocycles. The highest BCUT2D eigenvalue weighted by Crippen LogP contribution is 2.52. The van der Waals surface area contributed by atoms with Gasteiger partial charge in [-0.25, -0.2) is 9.98 Å².